The molecule has 0 saturated carbocycles. The van der Waals surface area contributed by atoms with Crippen LogP contribution < -0.4 is 0 Å². The average molecular weight is 508 g/mol. The van der Waals surface area contributed by atoms with E-state index in [9.17, 15) is 17.6 Å². The van der Waals surface area contributed by atoms with E-state index in [1.807, 2.05) is 12.1 Å². The van der Waals surface area contributed by atoms with Crippen LogP contribution in [0.4, 0.5) is 17.6 Å². The second kappa shape index (κ2) is 11.2. The number of nitrogens with zero attached hydrogens (tertiary/aromatic N) is 1. The first-order valence-corrected chi connectivity index (χ1v) is 13.2. The second-order valence-electron chi connectivity index (χ2n) is 10.4. The topological polar surface area (TPSA) is 3.24 Å². The maximum Gasteiger partial charge on any atom is 0.393 e. The van der Waals surface area contributed by atoms with E-state index < -0.39 is 12.6 Å². The van der Waals surface area contributed by atoms with Gasteiger partial charge in [-0.2, -0.15) is 13.2 Å². The van der Waals surface area contributed by atoms with Crippen LogP contribution in [0.15, 0.2) is 72.8 Å². The van der Waals surface area contributed by atoms with Crippen molar-refractivity contribution >= 4 is 11.1 Å². The van der Waals surface area contributed by atoms with Crippen molar-refractivity contribution in [3.8, 4) is 0 Å². The van der Waals surface area contributed by atoms with Crippen LogP contribution in [0, 0.1) is 5.92 Å². The summed E-state index contributed by atoms with van der Waals surface area (Å²) < 4.78 is 51.8. The molecule has 5 rings (SSSR count). The number of hydrogen-bond acceptors (Lipinski definition) is 1. The molecule has 3 aromatic rings. The Bertz CT molecular complexity index is 1240. The first-order valence-electron chi connectivity index (χ1n) is 13.2. The number of allylic oxidation sites excluding steroid dienone is 1. The highest BCUT2D eigenvalue weighted by Crippen LogP contribution is 2.40. The zero-order valence-corrected chi connectivity index (χ0v) is 21.0. The van der Waals surface area contributed by atoms with E-state index in [2.05, 4.69) is 47.4 Å². The molecule has 1 heterocycles. The maximum atomic E-state index is 13.1. The van der Waals surface area contributed by atoms with Gasteiger partial charge in [-0.1, -0.05) is 72.8 Å². The van der Waals surface area contributed by atoms with Gasteiger partial charge in [0.25, 0.3) is 0 Å². The van der Waals surface area contributed by atoms with Gasteiger partial charge in [0.05, 0.1) is 13.1 Å². The smallest absolute Gasteiger partial charge is 0.303 e. The third-order valence-electron chi connectivity index (χ3n) is 7.55. The van der Waals surface area contributed by atoms with E-state index in [0.717, 1.165) is 67.6 Å². The maximum absolute atomic E-state index is 13.1. The molecule has 1 aliphatic heterocycles. The van der Waals surface area contributed by atoms with Crippen molar-refractivity contribution in [1.82, 2.24) is 4.90 Å². The van der Waals surface area contributed by atoms with Crippen molar-refractivity contribution in [2.45, 2.75) is 44.7 Å². The molecule has 0 amide bonds. The van der Waals surface area contributed by atoms with Crippen LogP contribution in [0.2, 0.25) is 0 Å². The van der Waals surface area contributed by atoms with Gasteiger partial charge in [-0.15, -0.1) is 0 Å². The number of halogens is 4. The molecule has 0 bridgehead atoms. The summed E-state index contributed by atoms with van der Waals surface area (Å²) in [6.45, 7) is 2.64. The lowest BCUT2D eigenvalue weighted by molar-refractivity contribution is -0.127. The number of benzene rings is 3. The fourth-order valence-electron chi connectivity index (χ4n) is 5.86. The molecule has 3 aromatic carbocycles. The highest BCUT2D eigenvalue weighted by Gasteiger charge is 2.28. The molecule has 5 heteroatoms. The van der Waals surface area contributed by atoms with Crippen LogP contribution in [0.3, 0.4) is 0 Å². The first kappa shape index (κ1) is 25.7. The summed E-state index contributed by atoms with van der Waals surface area (Å²) in [4.78, 5) is 2.31. The normalized spacial score (nSPS) is 16.9. The van der Waals surface area contributed by atoms with Crippen LogP contribution in [0.5, 0.6) is 0 Å². The summed E-state index contributed by atoms with van der Waals surface area (Å²) in [5.41, 5.74) is 8.26. The van der Waals surface area contributed by atoms with Gasteiger partial charge >= 0.3 is 6.18 Å². The summed E-state index contributed by atoms with van der Waals surface area (Å²) >= 11 is 0. The van der Waals surface area contributed by atoms with Crippen molar-refractivity contribution in [3.05, 3.63) is 106 Å². The Morgan fingerprint density at radius 1 is 0.811 bits per heavy atom. The third-order valence-corrected chi connectivity index (χ3v) is 7.55. The minimum absolute atomic E-state index is 0.254. The molecule has 194 valence electrons. The van der Waals surface area contributed by atoms with Crippen molar-refractivity contribution in [2.75, 3.05) is 26.3 Å². The average Bonchev–Trinajstić information content (AvgIpc) is 3.05. The SMILES string of the molecule is FCCCN1CC(Cc2ccc(C3=C(c4cccc(CC(F)(F)F)c4)CCCc4ccccc43)cc2)C1. The molecule has 0 aromatic heterocycles. The second-order valence-corrected chi connectivity index (χ2v) is 10.4. The molecule has 0 spiro atoms. The van der Waals surface area contributed by atoms with Crippen molar-refractivity contribution < 1.29 is 17.6 Å². The Kier molecular flexibility index (Phi) is 7.80. The Labute approximate surface area is 216 Å². The van der Waals surface area contributed by atoms with Gasteiger partial charge < -0.3 is 4.90 Å². The van der Waals surface area contributed by atoms with Gasteiger partial charge in [-0.05, 0) is 82.5 Å². The summed E-state index contributed by atoms with van der Waals surface area (Å²) in [5, 5.41) is 0. The zero-order valence-electron chi connectivity index (χ0n) is 21.0. The standard InChI is InChI=1S/C32H33F4N/c33-16-5-17-37-21-25(22-37)18-23-12-14-27(15-13-23)31-29-10-2-1-7-26(29)8-4-11-30(31)28-9-3-6-24(19-28)20-32(34,35)36/h1-3,6-7,9-10,12-15,19,25H,4-5,8,11,16-18,20-22H2. The highest BCUT2D eigenvalue weighted by atomic mass is 19.4. The summed E-state index contributed by atoms with van der Waals surface area (Å²) in [6.07, 6.45) is -0.804. The molecule has 1 saturated heterocycles. The van der Waals surface area contributed by atoms with Gasteiger partial charge in [0.1, 0.15) is 0 Å². The van der Waals surface area contributed by atoms with Gasteiger partial charge in [-0.25, -0.2) is 0 Å². The van der Waals surface area contributed by atoms with E-state index in [0.29, 0.717) is 17.9 Å². The van der Waals surface area contributed by atoms with Crippen LogP contribution in [0.1, 0.15) is 52.6 Å². The van der Waals surface area contributed by atoms with Gasteiger partial charge in [0.15, 0.2) is 0 Å². The molecular formula is C32H33F4N. The molecule has 0 radical (unpaired) electrons. The number of alkyl halides is 4. The lowest BCUT2D eigenvalue weighted by Gasteiger charge is -2.39. The van der Waals surface area contributed by atoms with Crippen molar-refractivity contribution in [2.24, 2.45) is 5.92 Å². The van der Waals surface area contributed by atoms with Crippen LogP contribution in [-0.4, -0.2) is 37.4 Å². The largest absolute Gasteiger partial charge is 0.393 e. The quantitative estimate of drug-likeness (QED) is 0.280. The van der Waals surface area contributed by atoms with Crippen LogP contribution in [0.25, 0.3) is 11.1 Å². The Balaban J connectivity index is 1.46. The van der Waals surface area contributed by atoms with E-state index in [4.69, 9.17) is 0 Å². The lowest BCUT2D eigenvalue weighted by Crippen LogP contribution is -2.47. The number of rotatable bonds is 8. The Morgan fingerprint density at radius 2 is 1.59 bits per heavy atom. The molecule has 0 unspecified atom stereocenters. The predicted octanol–water partition coefficient (Wildman–Crippen LogP) is 7.92. The molecule has 0 atom stereocenters. The summed E-state index contributed by atoms with van der Waals surface area (Å²) in [6, 6.07) is 24.1. The number of fused-ring (bicyclic) bond motifs is 1. The molecule has 0 N–H and O–H groups in total. The summed E-state index contributed by atoms with van der Waals surface area (Å²) in [7, 11) is 0. The Morgan fingerprint density at radius 3 is 2.35 bits per heavy atom. The van der Waals surface area contributed by atoms with Gasteiger partial charge in [-0.3, -0.25) is 4.39 Å². The van der Waals surface area contributed by atoms with E-state index in [1.54, 1.807) is 18.2 Å². The minimum atomic E-state index is -4.23. The molecular weight excluding hydrogens is 474 g/mol. The predicted molar refractivity (Wildman–Crippen MR) is 142 cm³/mol. The molecule has 2 aliphatic rings. The fraction of sp³-hybridized carbons (Fsp3) is 0.375. The molecule has 37 heavy (non-hydrogen) atoms. The van der Waals surface area contributed by atoms with Crippen LogP contribution >= 0.6 is 0 Å². The summed E-state index contributed by atoms with van der Waals surface area (Å²) in [5.74, 6) is 0.607. The number of likely N-dealkylation sites (tertiary alicyclic amines) is 1. The zero-order chi connectivity index (χ0) is 25.8. The number of aryl methyl sites for hydroxylation is 1. The first-order chi connectivity index (χ1) is 17.9. The van der Waals surface area contributed by atoms with Crippen LogP contribution in [-0.2, 0) is 19.3 Å². The monoisotopic (exact) mass is 507 g/mol. The molecule has 1 aliphatic carbocycles. The van der Waals surface area contributed by atoms with E-state index >= 15 is 0 Å². The van der Waals surface area contributed by atoms with E-state index in [1.165, 1.54) is 16.7 Å². The lowest BCUT2D eigenvalue weighted by atomic mass is 9.86. The van der Waals surface area contributed by atoms with Crippen molar-refractivity contribution in [1.29, 1.82) is 0 Å². The molecule has 1 fully saturated rings. The van der Waals surface area contributed by atoms with Gasteiger partial charge in [0, 0.05) is 19.6 Å². The minimum Gasteiger partial charge on any atom is -0.303 e. The highest BCUT2D eigenvalue weighted by molar-refractivity contribution is 5.99. The third kappa shape index (κ3) is 6.32. The number of hydrogen-bond donors (Lipinski definition) is 0. The molecule has 1 nitrogen and oxygen atoms in total. The van der Waals surface area contributed by atoms with Crippen molar-refractivity contribution in [3.63, 3.8) is 0 Å². The van der Waals surface area contributed by atoms with Gasteiger partial charge in [0.2, 0.25) is 0 Å². The van der Waals surface area contributed by atoms with E-state index in [-0.39, 0.29) is 6.67 Å². The Hall–Kier alpha value is -2.92. The fourth-order valence-corrected chi connectivity index (χ4v) is 5.86.